The summed E-state index contributed by atoms with van der Waals surface area (Å²) in [5, 5.41) is 3.13. The van der Waals surface area contributed by atoms with E-state index in [0.29, 0.717) is 5.95 Å². The second kappa shape index (κ2) is 5.36. The zero-order valence-corrected chi connectivity index (χ0v) is 10.6. The summed E-state index contributed by atoms with van der Waals surface area (Å²) >= 11 is 0. The van der Waals surface area contributed by atoms with Crippen molar-refractivity contribution in [3.63, 3.8) is 0 Å². The zero-order chi connectivity index (χ0) is 13.8. The van der Waals surface area contributed by atoms with Gasteiger partial charge < -0.3 is 10.3 Å². The van der Waals surface area contributed by atoms with Crippen molar-refractivity contribution in [3.05, 3.63) is 71.3 Å². The Bertz CT molecular complexity index is 748. The van der Waals surface area contributed by atoms with E-state index in [1.807, 2.05) is 30.3 Å². The van der Waals surface area contributed by atoms with Crippen LogP contribution in [0.4, 0.5) is 11.6 Å². The van der Waals surface area contributed by atoms with E-state index in [4.69, 9.17) is 0 Å². The number of aromatic nitrogens is 3. The predicted molar refractivity (Wildman–Crippen MR) is 77.8 cm³/mol. The highest BCUT2D eigenvalue weighted by Gasteiger charge is 2.02. The summed E-state index contributed by atoms with van der Waals surface area (Å²) in [5.74, 6) is 0.514. The van der Waals surface area contributed by atoms with Crippen molar-refractivity contribution in [2.45, 2.75) is 0 Å². The van der Waals surface area contributed by atoms with Gasteiger partial charge in [0.1, 0.15) is 0 Å². The van der Waals surface area contributed by atoms with Gasteiger partial charge in [-0.05, 0) is 24.3 Å². The lowest BCUT2D eigenvalue weighted by Crippen LogP contribution is -2.02. The van der Waals surface area contributed by atoms with Crippen LogP contribution in [0.15, 0.2) is 65.7 Å². The third-order valence-electron chi connectivity index (χ3n) is 2.77. The van der Waals surface area contributed by atoms with Gasteiger partial charge in [0, 0.05) is 29.7 Å². The molecule has 3 rings (SSSR count). The standard InChI is InChI=1S/C15H12N4O/c20-14-7-6-11(10-17-14)13-8-9-16-15(19-13)18-12-4-2-1-3-5-12/h1-10H,(H,17,20)(H,16,18,19). The van der Waals surface area contributed by atoms with E-state index in [2.05, 4.69) is 20.3 Å². The maximum atomic E-state index is 11.1. The Kier molecular flexibility index (Phi) is 3.24. The molecular weight excluding hydrogens is 252 g/mol. The lowest BCUT2D eigenvalue weighted by atomic mass is 10.2. The van der Waals surface area contributed by atoms with Crippen LogP contribution in [0.1, 0.15) is 0 Å². The second-order valence-electron chi connectivity index (χ2n) is 4.20. The van der Waals surface area contributed by atoms with Gasteiger partial charge in [-0.2, -0.15) is 0 Å². The number of benzene rings is 1. The Morgan fingerprint density at radius 3 is 2.60 bits per heavy atom. The molecule has 2 heterocycles. The average molecular weight is 264 g/mol. The van der Waals surface area contributed by atoms with Crippen molar-refractivity contribution in [1.82, 2.24) is 15.0 Å². The maximum Gasteiger partial charge on any atom is 0.247 e. The topological polar surface area (TPSA) is 70.7 Å². The van der Waals surface area contributed by atoms with Crippen molar-refractivity contribution in [1.29, 1.82) is 0 Å². The van der Waals surface area contributed by atoms with Gasteiger partial charge in [-0.1, -0.05) is 18.2 Å². The molecule has 20 heavy (non-hydrogen) atoms. The van der Waals surface area contributed by atoms with Crippen LogP contribution in [0.2, 0.25) is 0 Å². The molecule has 3 aromatic rings. The van der Waals surface area contributed by atoms with Crippen LogP contribution in [0.25, 0.3) is 11.3 Å². The molecule has 5 nitrogen and oxygen atoms in total. The third kappa shape index (κ3) is 2.72. The van der Waals surface area contributed by atoms with Gasteiger partial charge in [0.15, 0.2) is 0 Å². The molecule has 0 aliphatic carbocycles. The molecule has 0 saturated heterocycles. The Morgan fingerprint density at radius 2 is 1.85 bits per heavy atom. The Balaban J connectivity index is 1.90. The number of para-hydroxylation sites is 1. The van der Waals surface area contributed by atoms with Crippen LogP contribution >= 0.6 is 0 Å². The smallest absolute Gasteiger partial charge is 0.247 e. The Labute approximate surface area is 115 Å². The van der Waals surface area contributed by atoms with Crippen LogP contribution in [0.5, 0.6) is 0 Å². The molecule has 0 fully saturated rings. The number of pyridine rings is 1. The van der Waals surface area contributed by atoms with Gasteiger partial charge in [0.05, 0.1) is 5.69 Å². The summed E-state index contributed by atoms with van der Waals surface area (Å²) in [6.07, 6.45) is 3.32. The van der Waals surface area contributed by atoms with E-state index in [1.165, 1.54) is 6.07 Å². The monoisotopic (exact) mass is 264 g/mol. The van der Waals surface area contributed by atoms with Gasteiger partial charge in [0.25, 0.3) is 0 Å². The zero-order valence-electron chi connectivity index (χ0n) is 10.6. The van der Waals surface area contributed by atoms with Gasteiger partial charge in [-0.3, -0.25) is 4.79 Å². The highest BCUT2D eigenvalue weighted by atomic mass is 16.1. The maximum absolute atomic E-state index is 11.1. The van der Waals surface area contributed by atoms with Gasteiger partial charge in [-0.15, -0.1) is 0 Å². The fourth-order valence-electron chi connectivity index (χ4n) is 1.80. The molecule has 0 amide bonds. The Morgan fingerprint density at radius 1 is 1.00 bits per heavy atom. The number of rotatable bonds is 3. The van der Waals surface area contributed by atoms with Gasteiger partial charge in [-0.25, -0.2) is 9.97 Å². The normalized spacial score (nSPS) is 10.2. The SMILES string of the molecule is O=c1ccc(-c2ccnc(Nc3ccccc3)n2)c[nH]1. The molecule has 0 radical (unpaired) electrons. The average Bonchev–Trinajstić information content (AvgIpc) is 2.49. The second-order valence-corrected chi connectivity index (χ2v) is 4.20. The lowest BCUT2D eigenvalue weighted by Gasteiger charge is -2.06. The highest BCUT2D eigenvalue weighted by molar-refractivity contribution is 5.60. The number of nitrogens with one attached hydrogen (secondary N) is 2. The van der Waals surface area contributed by atoms with E-state index in [1.54, 1.807) is 24.5 Å². The third-order valence-corrected chi connectivity index (χ3v) is 2.77. The summed E-state index contributed by atoms with van der Waals surface area (Å²) in [6, 6.07) is 14.7. The lowest BCUT2D eigenvalue weighted by molar-refractivity contribution is 1.16. The van der Waals surface area contributed by atoms with E-state index in [0.717, 1.165) is 16.9 Å². The summed E-state index contributed by atoms with van der Waals surface area (Å²) in [5.41, 5.74) is 2.37. The predicted octanol–water partition coefficient (Wildman–Crippen LogP) is 2.58. The van der Waals surface area contributed by atoms with E-state index in [-0.39, 0.29) is 5.56 Å². The van der Waals surface area contributed by atoms with Gasteiger partial charge >= 0.3 is 0 Å². The van der Waals surface area contributed by atoms with Crippen molar-refractivity contribution >= 4 is 11.6 Å². The largest absolute Gasteiger partial charge is 0.328 e. The first-order valence-corrected chi connectivity index (χ1v) is 6.15. The molecule has 0 aliphatic heterocycles. The van der Waals surface area contributed by atoms with Crippen molar-refractivity contribution in [2.24, 2.45) is 0 Å². The Hall–Kier alpha value is -2.95. The molecule has 1 aromatic carbocycles. The minimum absolute atomic E-state index is 0.134. The molecule has 0 aliphatic rings. The minimum Gasteiger partial charge on any atom is -0.328 e. The van der Waals surface area contributed by atoms with Crippen LogP contribution in [-0.2, 0) is 0 Å². The van der Waals surface area contributed by atoms with Crippen molar-refractivity contribution in [2.75, 3.05) is 5.32 Å². The summed E-state index contributed by atoms with van der Waals surface area (Å²) in [6.45, 7) is 0. The number of nitrogens with zero attached hydrogens (tertiary/aromatic N) is 2. The van der Waals surface area contributed by atoms with Crippen LogP contribution < -0.4 is 10.9 Å². The molecular formula is C15H12N4O. The van der Waals surface area contributed by atoms with Crippen LogP contribution in [-0.4, -0.2) is 15.0 Å². The number of hydrogen-bond acceptors (Lipinski definition) is 4. The fourth-order valence-corrected chi connectivity index (χ4v) is 1.80. The summed E-state index contributed by atoms with van der Waals surface area (Å²) in [4.78, 5) is 22.3. The van der Waals surface area contributed by atoms with E-state index >= 15 is 0 Å². The molecule has 2 N–H and O–H groups in total. The minimum atomic E-state index is -0.134. The van der Waals surface area contributed by atoms with Gasteiger partial charge in [0.2, 0.25) is 11.5 Å². The first-order valence-electron chi connectivity index (χ1n) is 6.15. The quantitative estimate of drug-likeness (QED) is 0.762. The molecule has 0 bridgehead atoms. The van der Waals surface area contributed by atoms with Crippen molar-refractivity contribution < 1.29 is 0 Å². The number of H-pyrrole nitrogens is 1. The van der Waals surface area contributed by atoms with Crippen molar-refractivity contribution in [3.8, 4) is 11.3 Å². The molecule has 98 valence electrons. The molecule has 0 unspecified atom stereocenters. The molecule has 0 spiro atoms. The summed E-state index contributed by atoms with van der Waals surface area (Å²) in [7, 11) is 0. The summed E-state index contributed by atoms with van der Waals surface area (Å²) < 4.78 is 0. The van der Waals surface area contributed by atoms with Crippen LogP contribution in [0.3, 0.4) is 0 Å². The van der Waals surface area contributed by atoms with Crippen LogP contribution in [0, 0.1) is 0 Å². The number of hydrogen-bond donors (Lipinski definition) is 2. The van der Waals surface area contributed by atoms with E-state index in [9.17, 15) is 4.79 Å². The molecule has 0 atom stereocenters. The molecule has 5 heteroatoms. The number of aromatic amines is 1. The number of anilines is 2. The fraction of sp³-hybridized carbons (Fsp3) is 0. The molecule has 0 saturated carbocycles. The first-order chi connectivity index (χ1) is 9.81. The first kappa shape index (κ1) is 12.1. The highest BCUT2D eigenvalue weighted by Crippen LogP contribution is 2.17. The molecule has 2 aromatic heterocycles. The van der Waals surface area contributed by atoms with E-state index < -0.39 is 0 Å².